The number of allylic oxidation sites excluding steroid dienone is 8. The Labute approximate surface area is 112 Å². The van der Waals surface area contributed by atoms with Gasteiger partial charge in [-0.2, -0.15) is 5.57 Å². The summed E-state index contributed by atoms with van der Waals surface area (Å²) in [6.07, 6.45) is 16.2. The second kappa shape index (κ2) is 7.81. The van der Waals surface area contributed by atoms with E-state index in [0.29, 0.717) is 0 Å². The highest BCUT2D eigenvalue weighted by molar-refractivity contribution is 5.45. The summed E-state index contributed by atoms with van der Waals surface area (Å²) in [6.45, 7) is 12.3. The van der Waals surface area contributed by atoms with Crippen LogP contribution in [0.3, 0.4) is 0 Å². The molecule has 1 aliphatic rings. The number of hydrogen-bond donors (Lipinski definition) is 0. The van der Waals surface area contributed by atoms with Crippen LogP contribution in [-0.2, 0) is 0 Å². The van der Waals surface area contributed by atoms with Crippen LogP contribution in [0, 0.1) is 5.92 Å². The molecule has 0 atom stereocenters. The van der Waals surface area contributed by atoms with Gasteiger partial charge in [-0.05, 0) is 12.8 Å². The summed E-state index contributed by atoms with van der Waals surface area (Å²) in [5.74, 6) is 1.60. The molecule has 1 rings (SSSR count). The van der Waals surface area contributed by atoms with Crippen molar-refractivity contribution in [1.82, 2.24) is 0 Å². The molecule has 1 aliphatic carbocycles. The molecule has 0 aromatic heterocycles. The summed E-state index contributed by atoms with van der Waals surface area (Å²) >= 11 is 0. The van der Waals surface area contributed by atoms with Gasteiger partial charge in [0.1, 0.15) is 0 Å². The lowest BCUT2D eigenvalue weighted by atomic mass is 9.82. The minimum absolute atomic E-state index is 1.11. The Morgan fingerprint density at radius 3 is 2.78 bits per heavy atom. The lowest BCUT2D eigenvalue weighted by Crippen LogP contribution is -2.05. The lowest BCUT2D eigenvalue weighted by Gasteiger charge is -2.34. The van der Waals surface area contributed by atoms with Crippen molar-refractivity contribution >= 4 is 0 Å². The van der Waals surface area contributed by atoms with Gasteiger partial charge in [0.2, 0.25) is 0 Å². The summed E-state index contributed by atoms with van der Waals surface area (Å²) in [5.41, 5.74) is 3.99. The predicted molar refractivity (Wildman–Crippen MR) is 82.3 cm³/mol. The Balaban J connectivity index is 2.97. The molecule has 0 heterocycles. The Kier molecular flexibility index (Phi) is 6.35. The fraction of sp³-hybridized carbons (Fsp3) is 0.389. The first-order valence-corrected chi connectivity index (χ1v) is 6.88. The zero-order valence-electron chi connectivity index (χ0n) is 11.8. The van der Waals surface area contributed by atoms with Gasteiger partial charge in [0, 0.05) is 0 Å². The van der Waals surface area contributed by atoms with Crippen molar-refractivity contribution in [3.63, 3.8) is 0 Å². The molecule has 0 saturated heterocycles. The van der Waals surface area contributed by atoms with Gasteiger partial charge >= 0.3 is 0 Å². The lowest BCUT2D eigenvalue weighted by molar-refractivity contribution is 0.736. The highest BCUT2D eigenvalue weighted by Crippen LogP contribution is 2.33. The van der Waals surface area contributed by atoms with Gasteiger partial charge in [-0.1, -0.05) is 56.7 Å². The second-order valence-electron chi connectivity index (χ2n) is 4.73. The average molecular weight is 241 g/mol. The van der Waals surface area contributed by atoms with Crippen LogP contribution in [0.5, 0.6) is 0 Å². The van der Waals surface area contributed by atoms with Gasteiger partial charge < -0.3 is 0 Å². The Bertz CT molecular complexity index is 377. The van der Waals surface area contributed by atoms with Crippen LogP contribution in [-0.4, -0.2) is 0 Å². The van der Waals surface area contributed by atoms with Gasteiger partial charge in [-0.25, -0.2) is 11.5 Å². The van der Waals surface area contributed by atoms with Gasteiger partial charge in [0.15, 0.2) is 0 Å². The fourth-order valence-corrected chi connectivity index (χ4v) is 2.39. The highest BCUT2D eigenvalue weighted by Gasteiger charge is 2.06. The minimum Gasteiger partial charge on any atom is -0.212 e. The van der Waals surface area contributed by atoms with Crippen molar-refractivity contribution in [3.8, 4) is 0 Å². The van der Waals surface area contributed by atoms with E-state index in [1.165, 1.54) is 24.0 Å². The van der Waals surface area contributed by atoms with Crippen molar-refractivity contribution in [2.45, 2.75) is 46.0 Å². The van der Waals surface area contributed by atoms with Crippen molar-refractivity contribution in [1.29, 1.82) is 0 Å². The van der Waals surface area contributed by atoms with E-state index < -0.39 is 0 Å². The normalized spacial score (nSPS) is 21.3. The molecule has 0 aromatic rings. The molecule has 0 spiro atoms. The molecular formula is C18H25-. The molecule has 98 valence electrons. The summed E-state index contributed by atoms with van der Waals surface area (Å²) in [6, 6.07) is 0. The highest BCUT2D eigenvalue weighted by atomic mass is 14.2. The predicted octanol–water partition coefficient (Wildman–Crippen LogP) is 5.72. The third-order valence-corrected chi connectivity index (χ3v) is 3.56. The molecule has 0 bridgehead atoms. The minimum atomic E-state index is 1.11. The molecule has 0 heteroatoms. The third kappa shape index (κ3) is 4.10. The van der Waals surface area contributed by atoms with Gasteiger partial charge in [-0.15, -0.1) is 25.5 Å². The number of rotatable bonds is 4. The summed E-state index contributed by atoms with van der Waals surface area (Å²) in [5, 5.41) is 0. The Hall–Kier alpha value is -1.43. The largest absolute Gasteiger partial charge is 0.212 e. The first-order chi connectivity index (χ1) is 8.70. The van der Waals surface area contributed by atoms with E-state index in [1.54, 1.807) is 12.0 Å². The van der Waals surface area contributed by atoms with Gasteiger partial charge in [0.05, 0.1) is 0 Å². The maximum Gasteiger partial charge on any atom is -0.0339 e. The topological polar surface area (TPSA) is 0 Å². The molecular weight excluding hydrogens is 216 g/mol. The van der Waals surface area contributed by atoms with Crippen LogP contribution in [0.1, 0.15) is 46.0 Å². The van der Waals surface area contributed by atoms with E-state index in [0.717, 1.165) is 24.8 Å². The van der Waals surface area contributed by atoms with Crippen LogP contribution in [0.4, 0.5) is 0 Å². The molecule has 0 unspecified atom stereocenters. The van der Waals surface area contributed by atoms with Gasteiger partial charge in [0.25, 0.3) is 0 Å². The first kappa shape index (κ1) is 14.6. The van der Waals surface area contributed by atoms with Crippen molar-refractivity contribution in [2.24, 2.45) is 0 Å². The average Bonchev–Trinajstić information content (AvgIpc) is 2.35. The SMILES string of the molecule is C=C/C=C\C(=C)C(C)=C1CC/C=C\CC[C-]1CC. The maximum atomic E-state index is 4.17. The van der Waals surface area contributed by atoms with E-state index in [-0.39, 0.29) is 0 Å². The standard InChI is InChI=1S/C18H25/c1-5-7-12-15(3)16(4)18-14-11-9-8-10-13-17(18)6-2/h5,7-9,12H,1,3,6,10-11,13-14H2,2,4H3/q-1/b9-8-,12-7-,18-16?. The van der Waals surface area contributed by atoms with Crippen LogP contribution in [0.2, 0.25) is 0 Å². The molecule has 0 N–H and O–H groups in total. The molecule has 0 radical (unpaired) electrons. The first-order valence-electron chi connectivity index (χ1n) is 6.88. The van der Waals surface area contributed by atoms with E-state index in [9.17, 15) is 0 Å². The summed E-state index contributed by atoms with van der Waals surface area (Å²) in [4.78, 5) is 0. The summed E-state index contributed by atoms with van der Waals surface area (Å²) in [7, 11) is 0. The van der Waals surface area contributed by atoms with Crippen LogP contribution < -0.4 is 0 Å². The van der Waals surface area contributed by atoms with Crippen LogP contribution >= 0.6 is 0 Å². The molecule has 0 saturated carbocycles. The van der Waals surface area contributed by atoms with Crippen LogP contribution in [0.15, 0.2) is 60.3 Å². The molecule has 0 nitrogen and oxygen atoms in total. The second-order valence-corrected chi connectivity index (χ2v) is 4.73. The molecule has 0 aliphatic heterocycles. The van der Waals surface area contributed by atoms with Crippen molar-refractivity contribution in [2.75, 3.05) is 0 Å². The Morgan fingerprint density at radius 2 is 2.11 bits per heavy atom. The third-order valence-electron chi connectivity index (χ3n) is 3.56. The zero-order chi connectivity index (χ0) is 13.4. The number of hydrogen-bond acceptors (Lipinski definition) is 0. The molecule has 0 fully saturated rings. The summed E-state index contributed by atoms with van der Waals surface area (Å²) < 4.78 is 0. The molecule has 0 amide bonds. The maximum absolute atomic E-state index is 4.17. The van der Waals surface area contributed by atoms with E-state index in [4.69, 9.17) is 0 Å². The van der Waals surface area contributed by atoms with Crippen LogP contribution in [0.25, 0.3) is 0 Å². The zero-order valence-corrected chi connectivity index (χ0v) is 11.8. The molecule has 0 aromatic carbocycles. The van der Waals surface area contributed by atoms with Gasteiger partial charge in [-0.3, -0.25) is 0 Å². The van der Waals surface area contributed by atoms with E-state index >= 15 is 0 Å². The van der Waals surface area contributed by atoms with Crippen molar-refractivity contribution in [3.05, 3.63) is 66.2 Å². The van der Waals surface area contributed by atoms with E-state index in [2.05, 4.69) is 45.2 Å². The molecule has 18 heavy (non-hydrogen) atoms. The fourth-order valence-electron chi connectivity index (χ4n) is 2.39. The quantitative estimate of drug-likeness (QED) is 0.335. The van der Waals surface area contributed by atoms with E-state index in [1.807, 2.05) is 6.08 Å². The monoisotopic (exact) mass is 241 g/mol. The van der Waals surface area contributed by atoms with Crippen molar-refractivity contribution < 1.29 is 0 Å². The smallest absolute Gasteiger partial charge is 0.0339 e. The Morgan fingerprint density at radius 1 is 1.39 bits per heavy atom.